The average molecular weight is 302 g/mol. The number of aromatic nitrogens is 3. The molecule has 4 nitrogen and oxygen atoms in total. The highest BCUT2D eigenvalue weighted by Crippen LogP contribution is 2.08. The highest BCUT2D eigenvalue weighted by Gasteiger charge is 2.07. The Balaban J connectivity index is 1.78. The van der Waals surface area contributed by atoms with Gasteiger partial charge in [0.15, 0.2) is 5.65 Å². The zero-order valence-corrected chi connectivity index (χ0v) is 12.4. The SMILES string of the molecule is CN(Cc1cccc(F)c1)Cn1nc2ccccn2c1=S. The Morgan fingerprint density at radius 2 is 2.10 bits per heavy atom. The Bertz CT molecular complexity index is 824. The number of halogens is 1. The van der Waals surface area contributed by atoms with Gasteiger partial charge in [0, 0.05) is 12.7 Å². The monoisotopic (exact) mass is 302 g/mol. The molecule has 0 saturated carbocycles. The summed E-state index contributed by atoms with van der Waals surface area (Å²) in [5, 5.41) is 4.47. The molecule has 6 heteroatoms. The summed E-state index contributed by atoms with van der Waals surface area (Å²) in [5.74, 6) is -0.217. The van der Waals surface area contributed by atoms with E-state index < -0.39 is 0 Å². The molecule has 0 fully saturated rings. The molecule has 21 heavy (non-hydrogen) atoms. The third-order valence-electron chi connectivity index (χ3n) is 3.21. The maximum Gasteiger partial charge on any atom is 0.203 e. The average Bonchev–Trinajstić information content (AvgIpc) is 2.76. The van der Waals surface area contributed by atoms with Crippen LogP contribution < -0.4 is 0 Å². The third kappa shape index (κ3) is 3.01. The van der Waals surface area contributed by atoms with E-state index in [0.717, 1.165) is 11.2 Å². The van der Waals surface area contributed by atoms with Crippen molar-refractivity contribution in [2.75, 3.05) is 7.05 Å². The van der Waals surface area contributed by atoms with Crippen molar-refractivity contribution in [2.45, 2.75) is 13.2 Å². The van der Waals surface area contributed by atoms with E-state index in [4.69, 9.17) is 12.2 Å². The second-order valence-corrected chi connectivity index (χ2v) is 5.36. The van der Waals surface area contributed by atoms with Crippen molar-refractivity contribution in [2.24, 2.45) is 0 Å². The van der Waals surface area contributed by atoms with Crippen LogP contribution in [0.5, 0.6) is 0 Å². The number of fused-ring (bicyclic) bond motifs is 1. The molecule has 0 amide bonds. The first-order chi connectivity index (χ1) is 10.1. The van der Waals surface area contributed by atoms with E-state index in [-0.39, 0.29) is 5.82 Å². The molecule has 2 aromatic heterocycles. The quantitative estimate of drug-likeness (QED) is 0.693. The van der Waals surface area contributed by atoms with Gasteiger partial charge in [-0.1, -0.05) is 18.2 Å². The molecule has 0 aliphatic heterocycles. The van der Waals surface area contributed by atoms with Crippen LogP contribution in [-0.4, -0.2) is 26.1 Å². The maximum absolute atomic E-state index is 13.2. The molecule has 0 N–H and O–H groups in total. The van der Waals surface area contributed by atoms with Gasteiger partial charge in [-0.3, -0.25) is 9.30 Å². The Hall–Kier alpha value is -2.05. The predicted molar refractivity (Wildman–Crippen MR) is 81.9 cm³/mol. The lowest BCUT2D eigenvalue weighted by atomic mass is 10.2. The van der Waals surface area contributed by atoms with Gasteiger partial charge in [-0.25, -0.2) is 9.07 Å². The molecule has 0 bridgehead atoms. The Morgan fingerprint density at radius 3 is 2.86 bits per heavy atom. The number of benzene rings is 1. The summed E-state index contributed by atoms with van der Waals surface area (Å²) >= 11 is 5.41. The fourth-order valence-electron chi connectivity index (χ4n) is 2.29. The third-order valence-corrected chi connectivity index (χ3v) is 3.61. The molecule has 0 atom stereocenters. The normalized spacial score (nSPS) is 11.4. The van der Waals surface area contributed by atoms with Gasteiger partial charge in [-0.05, 0) is 49.1 Å². The molecule has 0 spiro atoms. The Labute approximate surface area is 127 Å². The van der Waals surface area contributed by atoms with E-state index in [1.807, 2.05) is 46.8 Å². The first kappa shape index (κ1) is 13.9. The summed E-state index contributed by atoms with van der Waals surface area (Å²) < 4.78 is 17.5. The summed E-state index contributed by atoms with van der Waals surface area (Å²) in [7, 11) is 1.96. The van der Waals surface area contributed by atoms with Gasteiger partial charge in [0.05, 0.1) is 6.67 Å². The van der Waals surface area contributed by atoms with Gasteiger partial charge in [0.1, 0.15) is 5.82 Å². The van der Waals surface area contributed by atoms with E-state index in [9.17, 15) is 4.39 Å². The fraction of sp³-hybridized carbons (Fsp3) is 0.200. The molecular formula is C15H15FN4S. The number of hydrogen-bond acceptors (Lipinski definition) is 3. The van der Waals surface area contributed by atoms with E-state index in [1.54, 1.807) is 16.8 Å². The van der Waals surface area contributed by atoms with E-state index in [2.05, 4.69) is 5.10 Å². The smallest absolute Gasteiger partial charge is 0.203 e. The zero-order chi connectivity index (χ0) is 14.8. The second kappa shape index (κ2) is 5.75. The minimum absolute atomic E-state index is 0.217. The standard InChI is InChI=1S/C15H15FN4S/c1-18(10-12-5-4-6-13(16)9-12)11-20-15(21)19-8-3-2-7-14(19)17-20/h2-9H,10-11H2,1H3. The lowest BCUT2D eigenvalue weighted by Crippen LogP contribution is -2.22. The van der Waals surface area contributed by atoms with Gasteiger partial charge in [-0.15, -0.1) is 0 Å². The van der Waals surface area contributed by atoms with Crippen molar-refractivity contribution in [3.05, 3.63) is 64.8 Å². The molecule has 2 heterocycles. The van der Waals surface area contributed by atoms with Crippen molar-refractivity contribution in [3.63, 3.8) is 0 Å². The molecule has 108 valence electrons. The molecule has 0 saturated heterocycles. The summed E-state index contributed by atoms with van der Waals surface area (Å²) in [6.07, 6.45) is 1.90. The first-order valence-corrected chi connectivity index (χ1v) is 7.01. The highest BCUT2D eigenvalue weighted by atomic mass is 32.1. The molecular weight excluding hydrogens is 287 g/mol. The van der Waals surface area contributed by atoms with Gasteiger partial charge in [0.25, 0.3) is 0 Å². The fourth-order valence-corrected chi connectivity index (χ4v) is 2.54. The van der Waals surface area contributed by atoms with Crippen LogP contribution in [0.1, 0.15) is 5.56 Å². The minimum Gasteiger partial charge on any atom is -0.283 e. The van der Waals surface area contributed by atoms with Gasteiger partial charge < -0.3 is 0 Å². The Morgan fingerprint density at radius 1 is 1.24 bits per heavy atom. The van der Waals surface area contributed by atoms with Crippen LogP contribution in [0.3, 0.4) is 0 Å². The highest BCUT2D eigenvalue weighted by molar-refractivity contribution is 7.71. The van der Waals surface area contributed by atoms with E-state index >= 15 is 0 Å². The summed E-state index contributed by atoms with van der Waals surface area (Å²) in [6, 6.07) is 12.4. The zero-order valence-electron chi connectivity index (χ0n) is 11.6. The summed E-state index contributed by atoms with van der Waals surface area (Å²) in [5.41, 5.74) is 1.74. The molecule has 0 unspecified atom stereocenters. The van der Waals surface area contributed by atoms with Crippen LogP contribution in [0.15, 0.2) is 48.7 Å². The van der Waals surface area contributed by atoms with Crippen LogP contribution in [-0.2, 0) is 13.2 Å². The number of rotatable bonds is 4. The van der Waals surface area contributed by atoms with Crippen LogP contribution in [0.2, 0.25) is 0 Å². The largest absolute Gasteiger partial charge is 0.283 e. The number of nitrogens with zero attached hydrogens (tertiary/aromatic N) is 4. The number of pyridine rings is 1. The van der Waals surface area contributed by atoms with Gasteiger partial charge in [0.2, 0.25) is 4.77 Å². The van der Waals surface area contributed by atoms with Crippen molar-refractivity contribution < 1.29 is 4.39 Å². The topological polar surface area (TPSA) is 25.5 Å². The molecule has 0 aliphatic carbocycles. The molecule has 3 aromatic rings. The van der Waals surface area contributed by atoms with Crippen LogP contribution in [0.4, 0.5) is 4.39 Å². The van der Waals surface area contributed by atoms with Crippen LogP contribution >= 0.6 is 12.2 Å². The number of hydrogen-bond donors (Lipinski definition) is 0. The van der Waals surface area contributed by atoms with E-state index in [1.165, 1.54) is 6.07 Å². The van der Waals surface area contributed by atoms with Crippen molar-refractivity contribution in [3.8, 4) is 0 Å². The van der Waals surface area contributed by atoms with Crippen LogP contribution in [0, 0.1) is 10.6 Å². The van der Waals surface area contributed by atoms with Crippen molar-refractivity contribution >= 4 is 17.9 Å². The van der Waals surface area contributed by atoms with Gasteiger partial charge in [-0.2, -0.15) is 5.10 Å². The minimum atomic E-state index is -0.217. The van der Waals surface area contributed by atoms with E-state index in [0.29, 0.717) is 18.0 Å². The van der Waals surface area contributed by atoms with Crippen molar-refractivity contribution in [1.82, 2.24) is 19.1 Å². The second-order valence-electron chi connectivity index (χ2n) is 5.00. The molecule has 3 rings (SSSR count). The lowest BCUT2D eigenvalue weighted by Gasteiger charge is -2.16. The first-order valence-electron chi connectivity index (χ1n) is 6.61. The molecule has 0 aliphatic rings. The van der Waals surface area contributed by atoms with Crippen LogP contribution in [0.25, 0.3) is 5.65 Å². The molecule has 0 radical (unpaired) electrons. The maximum atomic E-state index is 13.2. The summed E-state index contributed by atoms with van der Waals surface area (Å²) in [6.45, 7) is 1.18. The van der Waals surface area contributed by atoms with Gasteiger partial charge >= 0.3 is 0 Å². The van der Waals surface area contributed by atoms with Crippen molar-refractivity contribution in [1.29, 1.82) is 0 Å². The molecule has 1 aromatic carbocycles. The summed E-state index contributed by atoms with van der Waals surface area (Å²) in [4.78, 5) is 2.04. The predicted octanol–water partition coefficient (Wildman–Crippen LogP) is 3.09. The Kier molecular flexibility index (Phi) is 3.81. The lowest BCUT2D eigenvalue weighted by molar-refractivity contribution is 0.244.